The predicted octanol–water partition coefficient (Wildman–Crippen LogP) is 6.26. The molecule has 4 aromatic carbocycles. The van der Waals surface area contributed by atoms with E-state index in [1.54, 1.807) is 36.4 Å². The molecule has 1 N–H and O–H groups in total. The zero-order valence-corrected chi connectivity index (χ0v) is 26.8. The van der Waals surface area contributed by atoms with E-state index in [1.807, 2.05) is 75.4 Å². The third-order valence-corrected chi connectivity index (χ3v) is 9.16. The second-order valence-corrected chi connectivity index (χ2v) is 13.5. The van der Waals surface area contributed by atoms with E-state index in [4.69, 9.17) is 11.6 Å². The van der Waals surface area contributed by atoms with Crippen molar-refractivity contribution in [3.8, 4) is 0 Å². The van der Waals surface area contributed by atoms with Gasteiger partial charge in [0.2, 0.25) is 11.8 Å². The highest BCUT2D eigenvalue weighted by molar-refractivity contribution is 7.92. The molecule has 1 atom stereocenters. The maximum atomic E-state index is 14.4. The molecule has 0 aliphatic heterocycles. The summed E-state index contributed by atoms with van der Waals surface area (Å²) in [6.07, 6.45) is 0.255. The highest BCUT2D eigenvalue weighted by Crippen LogP contribution is 2.27. The summed E-state index contributed by atoms with van der Waals surface area (Å²) in [4.78, 5) is 29.8. The summed E-state index contributed by atoms with van der Waals surface area (Å²) in [5.74, 6) is -0.624. The fourth-order valence-electron chi connectivity index (χ4n) is 4.75. The van der Waals surface area contributed by atoms with Crippen molar-refractivity contribution < 1.29 is 18.0 Å². The average Bonchev–Trinajstić information content (AvgIpc) is 3.02. The maximum absolute atomic E-state index is 14.4. The van der Waals surface area contributed by atoms with Gasteiger partial charge in [-0.3, -0.25) is 13.9 Å². The van der Waals surface area contributed by atoms with Gasteiger partial charge in [0, 0.05) is 24.5 Å². The lowest BCUT2D eigenvalue weighted by atomic mass is 10.0. The Bertz CT molecular complexity index is 1650. The molecular formula is C35H38ClN3O4S. The van der Waals surface area contributed by atoms with Gasteiger partial charge in [-0.1, -0.05) is 110 Å². The van der Waals surface area contributed by atoms with Gasteiger partial charge < -0.3 is 10.2 Å². The first-order valence-corrected chi connectivity index (χ1v) is 16.4. The molecule has 0 fully saturated rings. The second kappa shape index (κ2) is 15.0. The van der Waals surface area contributed by atoms with Crippen LogP contribution in [0.25, 0.3) is 0 Å². The van der Waals surface area contributed by atoms with Crippen LogP contribution in [0.2, 0.25) is 5.02 Å². The van der Waals surface area contributed by atoms with Crippen molar-refractivity contribution in [1.82, 2.24) is 10.2 Å². The standard InChI is InChI=1S/C35H38ClN3O4S/c1-26(2)23-37-35(41)33(21-28-11-6-4-7-12-28)38(24-29-19-17-27(3)18-20-29)34(40)25-39(31-14-10-13-30(36)22-31)44(42,43)32-15-8-5-9-16-32/h4-20,22,26,33H,21,23-25H2,1-3H3,(H,37,41)/t33-/m0/s1. The molecule has 0 aliphatic carbocycles. The van der Waals surface area contributed by atoms with Crippen molar-refractivity contribution in [3.05, 3.63) is 131 Å². The Morgan fingerprint density at radius 2 is 1.45 bits per heavy atom. The van der Waals surface area contributed by atoms with Crippen LogP contribution < -0.4 is 9.62 Å². The van der Waals surface area contributed by atoms with Crippen LogP contribution in [0.15, 0.2) is 114 Å². The van der Waals surface area contributed by atoms with Crippen LogP contribution in [0, 0.1) is 12.8 Å². The maximum Gasteiger partial charge on any atom is 0.264 e. The number of benzene rings is 4. The van der Waals surface area contributed by atoms with Crippen LogP contribution in [-0.2, 0) is 32.6 Å². The van der Waals surface area contributed by atoms with Crippen molar-refractivity contribution in [2.24, 2.45) is 5.92 Å². The van der Waals surface area contributed by atoms with Gasteiger partial charge in [-0.05, 0) is 54.3 Å². The van der Waals surface area contributed by atoms with E-state index in [0.29, 0.717) is 11.6 Å². The van der Waals surface area contributed by atoms with E-state index >= 15 is 0 Å². The molecule has 4 rings (SSSR count). The van der Waals surface area contributed by atoms with Crippen molar-refractivity contribution in [2.45, 2.75) is 44.7 Å². The Kier molecular flexibility index (Phi) is 11.2. The molecule has 0 bridgehead atoms. The van der Waals surface area contributed by atoms with Crippen molar-refractivity contribution in [2.75, 3.05) is 17.4 Å². The van der Waals surface area contributed by atoms with Gasteiger partial charge in [0.25, 0.3) is 10.0 Å². The molecule has 0 spiro atoms. The Morgan fingerprint density at radius 1 is 0.818 bits per heavy atom. The number of halogens is 1. The van der Waals surface area contributed by atoms with Crippen LogP contribution in [-0.4, -0.2) is 44.3 Å². The first-order chi connectivity index (χ1) is 21.0. The molecule has 4 aromatic rings. The fraction of sp³-hybridized carbons (Fsp3) is 0.257. The van der Waals surface area contributed by atoms with Gasteiger partial charge in [-0.25, -0.2) is 8.42 Å². The molecule has 44 heavy (non-hydrogen) atoms. The van der Waals surface area contributed by atoms with Crippen LogP contribution in [0.5, 0.6) is 0 Å². The molecule has 0 aromatic heterocycles. The van der Waals surface area contributed by atoms with E-state index in [1.165, 1.54) is 23.1 Å². The minimum atomic E-state index is -4.18. The molecule has 0 aliphatic rings. The number of anilines is 1. The van der Waals surface area contributed by atoms with Gasteiger partial charge in [0.15, 0.2) is 0 Å². The quantitative estimate of drug-likeness (QED) is 0.189. The van der Waals surface area contributed by atoms with Gasteiger partial charge >= 0.3 is 0 Å². The Balaban J connectivity index is 1.79. The summed E-state index contributed by atoms with van der Waals surface area (Å²) in [7, 11) is -4.18. The number of carbonyl (C=O) groups excluding carboxylic acids is 2. The van der Waals surface area contributed by atoms with Gasteiger partial charge in [-0.15, -0.1) is 0 Å². The number of hydrogen-bond donors (Lipinski definition) is 1. The van der Waals surface area contributed by atoms with Crippen molar-refractivity contribution in [1.29, 1.82) is 0 Å². The Labute approximate surface area is 265 Å². The van der Waals surface area contributed by atoms with Gasteiger partial charge in [-0.2, -0.15) is 0 Å². The zero-order valence-electron chi connectivity index (χ0n) is 25.2. The summed E-state index contributed by atoms with van der Waals surface area (Å²) in [6, 6.07) is 30.6. The third-order valence-electron chi connectivity index (χ3n) is 7.14. The van der Waals surface area contributed by atoms with E-state index in [0.717, 1.165) is 21.0 Å². The number of hydrogen-bond acceptors (Lipinski definition) is 4. The predicted molar refractivity (Wildman–Crippen MR) is 176 cm³/mol. The minimum absolute atomic E-state index is 0.0355. The van der Waals surface area contributed by atoms with Crippen LogP contribution >= 0.6 is 11.6 Å². The smallest absolute Gasteiger partial charge is 0.264 e. The van der Waals surface area contributed by atoms with Crippen LogP contribution in [0.1, 0.15) is 30.5 Å². The average molecular weight is 632 g/mol. The van der Waals surface area contributed by atoms with Crippen LogP contribution in [0.3, 0.4) is 0 Å². The van der Waals surface area contributed by atoms with Gasteiger partial charge in [0.05, 0.1) is 10.6 Å². The van der Waals surface area contributed by atoms with Crippen LogP contribution in [0.4, 0.5) is 5.69 Å². The Morgan fingerprint density at radius 3 is 2.07 bits per heavy atom. The number of nitrogens with one attached hydrogen (secondary N) is 1. The molecule has 0 saturated carbocycles. The monoisotopic (exact) mass is 631 g/mol. The first-order valence-electron chi connectivity index (χ1n) is 14.5. The number of sulfonamides is 1. The topological polar surface area (TPSA) is 86.8 Å². The fourth-order valence-corrected chi connectivity index (χ4v) is 6.36. The SMILES string of the molecule is Cc1ccc(CN(C(=O)CN(c2cccc(Cl)c2)S(=O)(=O)c2ccccc2)[C@@H](Cc2ccccc2)C(=O)NCC(C)C)cc1. The lowest BCUT2D eigenvalue weighted by Gasteiger charge is -2.34. The third kappa shape index (κ3) is 8.71. The number of aryl methyl sites for hydroxylation is 1. The molecule has 0 radical (unpaired) electrons. The summed E-state index contributed by atoms with van der Waals surface area (Å²) >= 11 is 6.28. The zero-order chi connectivity index (χ0) is 31.7. The van der Waals surface area contributed by atoms with Crippen molar-refractivity contribution >= 4 is 39.1 Å². The lowest BCUT2D eigenvalue weighted by molar-refractivity contribution is -0.140. The highest BCUT2D eigenvalue weighted by atomic mass is 35.5. The molecular weight excluding hydrogens is 594 g/mol. The number of amides is 2. The number of carbonyl (C=O) groups is 2. The van der Waals surface area contributed by atoms with Crippen molar-refractivity contribution in [3.63, 3.8) is 0 Å². The highest BCUT2D eigenvalue weighted by Gasteiger charge is 2.34. The number of nitrogens with zero attached hydrogens (tertiary/aromatic N) is 2. The van der Waals surface area contributed by atoms with E-state index in [-0.39, 0.29) is 35.4 Å². The summed E-state index contributed by atoms with van der Waals surface area (Å²) in [5.41, 5.74) is 3.00. The molecule has 230 valence electrons. The molecule has 0 unspecified atom stereocenters. The molecule has 0 heterocycles. The molecule has 2 amide bonds. The van der Waals surface area contributed by atoms with E-state index in [9.17, 15) is 18.0 Å². The molecule has 0 saturated heterocycles. The molecule has 9 heteroatoms. The lowest BCUT2D eigenvalue weighted by Crippen LogP contribution is -2.53. The first kappa shape index (κ1) is 32.8. The van der Waals surface area contributed by atoms with Gasteiger partial charge in [0.1, 0.15) is 12.6 Å². The van der Waals surface area contributed by atoms with E-state index in [2.05, 4.69) is 5.32 Å². The summed E-state index contributed by atoms with van der Waals surface area (Å²) < 4.78 is 29.1. The van der Waals surface area contributed by atoms with E-state index < -0.39 is 28.5 Å². The normalized spacial score (nSPS) is 12.0. The largest absolute Gasteiger partial charge is 0.354 e. The number of rotatable bonds is 13. The minimum Gasteiger partial charge on any atom is -0.354 e. The summed E-state index contributed by atoms with van der Waals surface area (Å²) in [6.45, 7) is 5.99. The molecule has 7 nitrogen and oxygen atoms in total. The Hall–Kier alpha value is -4.14. The summed E-state index contributed by atoms with van der Waals surface area (Å²) in [5, 5.41) is 3.33. The second-order valence-electron chi connectivity index (χ2n) is 11.2.